The van der Waals surface area contributed by atoms with Crippen molar-refractivity contribution in [1.82, 2.24) is 4.90 Å². The van der Waals surface area contributed by atoms with E-state index in [-0.39, 0.29) is 11.3 Å². The smallest absolute Gasteiger partial charge is 0.254 e. The molecule has 2 aliphatic heterocycles. The standard InChI is InChI=1S/C18H26N2O/c1-18(2,3)13-9-11-20(12-13)17(21)15-6-4-8-16-14(15)7-5-10-19-16/h4,6,8,13,19H,5,7,9-12H2,1-3H3. The number of benzene rings is 1. The van der Waals surface area contributed by atoms with E-state index in [4.69, 9.17) is 0 Å². The van der Waals surface area contributed by atoms with Crippen molar-refractivity contribution in [2.75, 3.05) is 25.0 Å². The largest absolute Gasteiger partial charge is 0.385 e. The normalized spacial score (nSPS) is 21.9. The molecule has 3 heteroatoms. The molecule has 114 valence electrons. The summed E-state index contributed by atoms with van der Waals surface area (Å²) in [6.45, 7) is 9.65. The fourth-order valence-electron chi connectivity index (χ4n) is 3.53. The molecule has 0 radical (unpaired) electrons. The van der Waals surface area contributed by atoms with Crippen LogP contribution in [0.2, 0.25) is 0 Å². The minimum atomic E-state index is 0.224. The molecule has 0 aliphatic carbocycles. The van der Waals surface area contributed by atoms with E-state index in [0.29, 0.717) is 5.92 Å². The zero-order valence-electron chi connectivity index (χ0n) is 13.4. The number of rotatable bonds is 1. The van der Waals surface area contributed by atoms with E-state index in [9.17, 15) is 4.79 Å². The van der Waals surface area contributed by atoms with Crippen LogP contribution in [0, 0.1) is 11.3 Å². The zero-order chi connectivity index (χ0) is 15.0. The number of nitrogens with zero attached hydrogens (tertiary/aromatic N) is 1. The third-order valence-corrected chi connectivity index (χ3v) is 5.03. The lowest BCUT2D eigenvalue weighted by atomic mass is 9.80. The Morgan fingerprint density at radius 1 is 1.33 bits per heavy atom. The van der Waals surface area contributed by atoms with Gasteiger partial charge in [0.2, 0.25) is 0 Å². The Morgan fingerprint density at radius 3 is 2.86 bits per heavy atom. The molecule has 21 heavy (non-hydrogen) atoms. The van der Waals surface area contributed by atoms with Crippen molar-refractivity contribution < 1.29 is 4.79 Å². The number of fused-ring (bicyclic) bond motifs is 1. The highest BCUT2D eigenvalue weighted by atomic mass is 16.2. The first-order chi connectivity index (χ1) is 9.97. The van der Waals surface area contributed by atoms with Crippen molar-refractivity contribution in [2.45, 2.75) is 40.0 Å². The molecule has 0 spiro atoms. The lowest BCUT2D eigenvalue weighted by Gasteiger charge is -2.27. The summed E-state index contributed by atoms with van der Waals surface area (Å²) in [5.74, 6) is 0.835. The number of hydrogen-bond donors (Lipinski definition) is 1. The van der Waals surface area contributed by atoms with Gasteiger partial charge in [-0.3, -0.25) is 4.79 Å². The summed E-state index contributed by atoms with van der Waals surface area (Å²) in [4.78, 5) is 14.9. The fraction of sp³-hybridized carbons (Fsp3) is 0.611. The van der Waals surface area contributed by atoms with E-state index in [2.05, 4.69) is 37.1 Å². The Bertz CT molecular complexity index is 545. The summed E-state index contributed by atoms with van der Waals surface area (Å²) < 4.78 is 0. The second-order valence-corrected chi connectivity index (χ2v) is 7.46. The van der Waals surface area contributed by atoms with Crippen molar-refractivity contribution in [3.05, 3.63) is 29.3 Å². The molecule has 1 atom stereocenters. The fourth-order valence-corrected chi connectivity index (χ4v) is 3.53. The summed E-state index contributed by atoms with van der Waals surface area (Å²) in [7, 11) is 0. The van der Waals surface area contributed by atoms with Gasteiger partial charge in [-0.05, 0) is 48.3 Å². The van der Waals surface area contributed by atoms with Gasteiger partial charge in [0.1, 0.15) is 0 Å². The second-order valence-electron chi connectivity index (χ2n) is 7.46. The first kappa shape index (κ1) is 14.4. The molecule has 1 N–H and O–H groups in total. The molecule has 1 amide bonds. The number of carbonyl (C=O) groups is 1. The molecule has 1 aromatic rings. The van der Waals surface area contributed by atoms with Crippen LogP contribution in [0.25, 0.3) is 0 Å². The Hall–Kier alpha value is -1.51. The Morgan fingerprint density at radius 2 is 2.14 bits per heavy atom. The maximum Gasteiger partial charge on any atom is 0.254 e. The van der Waals surface area contributed by atoms with Gasteiger partial charge in [0.05, 0.1) is 0 Å². The van der Waals surface area contributed by atoms with E-state index >= 15 is 0 Å². The van der Waals surface area contributed by atoms with Gasteiger partial charge in [-0.2, -0.15) is 0 Å². The molecule has 1 aromatic carbocycles. The third kappa shape index (κ3) is 2.78. The van der Waals surface area contributed by atoms with Crippen LogP contribution >= 0.6 is 0 Å². The molecular weight excluding hydrogens is 260 g/mol. The average molecular weight is 286 g/mol. The number of likely N-dealkylation sites (tertiary alicyclic amines) is 1. The van der Waals surface area contributed by atoms with Gasteiger partial charge < -0.3 is 10.2 Å². The van der Waals surface area contributed by atoms with E-state index in [1.807, 2.05) is 12.1 Å². The molecule has 0 bridgehead atoms. The summed E-state index contributed by atoms with van der Waals surface area (Å²) >= 11 is 0. The Kier molecular flexibility index (Phi) is 3.68. The zero-order valence-corrected chi connectivity index (χ0v) is 13.4. The number of carbonyl (C=O) groups excluding carboxylic acids is 1. The van der Waals surface area contributed by atoms with Crippen LogP contribution in [0.15, 0.2) is 18.2 Å². The summed E-state index contributed by atoms with van der Waals surface area (Å²) in [6, 6.07) is 6.09. The quantitative estimate of drug-likeness (QED) is 0.856. The third-order valence-electron chi connectivity index (χ3n) is 5.03. The van der Waals surface area contributed by atoms with Gasteiger partial charge in [0.25, 0.3) is 5.91 Å². The predicted molar refractivity (Wildman–Crippen MR) is 86.7 cm³/mol. The molecule has 1 saturated heterocycles. The van der Waals surface area contributed by atoms with Crippen molar-refractivity contribution in [3.63, 3.8) is 0 Å². The first-order valence-electron chi connectivity index (χ1n) is 8.12. The molecule has 2 aliphatic rings. The van der Waals surface area contributed by atoms with E-state index in [0.717, 1.165) is 50.1 Å². The number of nitrogens with one attached hydrogen (secondary N) is 1. The highest BCUT2D eigenvalue weighted by molar-refractivity contribution is 5.97. The number of amides is 1. The van der Waals surface area contributed by atoms with Crippen molar-refractivity contribution in [3.8, 4) is 0 Å². The van der Waals surface area contributed by atoms with Gasteiger partial charge in [-0.1, -0.05) is 26.8 Å². The number of hydrogen-bond acceptors (Lipinski definition) is 2. The SMILES string of the molecule is CC(C)(C)C1CCN(C(=O)c2cccc3c2CCCN3)C1. The topological polar surface area (TPSA) is 32.3 Å². The van der Waals surface area contributed by atoms with Crippen molar-refractivity contribution in [2.24, 2.45) is 11.3 Å². The van der Waals surface area contributed by atoms with E-state index < -0.39 is 0 Å². The minimum absolute atomic E-state index is 0.224. The van der Waals surface area contributed by atoms with Crippen molar-refractivity contribution in [1.29, 1.82) is 0 Å². The molecule has 3 rings (SSSR count). The van der Waals surface area contributed by atoms with Crippen LogP contribution < -0.4 is 5.32 Å². The summed E-state index contributed by atoms with van der Waals surface area (Å²) in [6.07, 6.45) is 3.26. The molecule has 3 nitrogen and oxygen atoms in total. The van der Waals surface area contributed by atoms with Gasteiger partial charge in [-0.15, -0.1) is 0 Å². The van der Waals surface area contributed by atoms with Gasteiger partial charge in [-0.25, -0.2) is 0 Å². The maximum absolute atomic E-state index is 12.9. The minimum Gasteiger partial charge on any atom is -0.385 e. The van der Waals surface area contributed by atoms with Gasteiger partial charge in [0, 0.05) is 30.9 Å². The lowest BCUT2D eigenvalue weighted by Crippen LogP contribution is -2.32. The van der Waals surface area contributed by atoms with Crippen LogP contribution in [-0.2, 0) is 6.42 Å². The Balaban J connectivity index is 1.81. The molecule has 0 saturated carbocycles. The highest BCUT2D eigenvalue weighted by Crippen LogP contribution is 2.35. The lowest BCUT2D eigenvalue weighted by molar-refractivity contribution is 0.0775. The van der Waals surface area contributed by atoms with Crippen LogP contribution in [0.1, 0.15) is 49.5 Å². The molecular formula is C18H26N2O. The Labute approximate surface area is 127 Å². The predicted octanol–water partition coefficient (Wildman–Crippen LogP) is 3.55. The van der Waals surface area contributed by atoms with E-state index in [1.165, 1.54) is 5.56 Å². The summed E-state index contributed by atoms with van der Waals surface area (Å²) in [5, 5.41) is 3.41. The average Bonchev–Trinajstić information content (AvgIpc) is 2.96. The van der Waals surface area contributed by atoms with Crippen LogP contribution in [0.4, 0.5) is 5.69 Å². The number of anilines is 1. The van der Waals surface area contributed by atoms with Crippen LogP contribution in [0.5, 0.6) is 0 Å². The molecule has 1 unspecified atom stereocenters. The highest BCUT2D eigenvalue weighted by Gasteiger charge is 2.34. The van der Waals surface area contributed by atoms with Crippen LogP contribution in [0.3, 0.4) is 0 Å². The van der Waals surface area contributed by atoms with Crippen LogP contribution in [-0.4, -0.2) is 30.4 Å². The maximum atomic E-state index is 12.9. The van der Waals surface area contributed by atoms with Gasteiger partial charge >= 0.3 is 0 Å². The van der Waals surface area contributed by atoms with E-state index in [1.54, 1.807) is 0 Å². The molecule has 0 aromatic heterocycles. The first-order valence-corrected chi connectivity index (χ1v) is 8.12. The molecule has 1 fully saturated rings. The van der Waals surface area contributed by atoms with Crippen molar-refractivity contribution >= 4 is 11.6 Å². The monoisotopic (exact) mass is 286 g/mol. The van der Waals surface area contributed by atoms with Gasteiger partial charge in [0.15, 0.2) is 0 Å². The second kappa shape index (κ2) is 5.36. The summed E-state index contributed by atoms with van der Waals surface area (Å²) in [5.41, 5.74) is 3.56. The molecule has 2 heterocycles.